The van der Waals surface area contributed by atoms with Crippen LogP contribution >= 0.6 is 0 Å². The fourth-order valence-electron chi connectivity index (χ4n) is 2.88. The largest absolute Gasteiger partial charge is 0.394 e. The maximum absolute atomic E-state index is 12.3. The number of amides is 1. The summed E-state index contributed by atoms with van der Waals surface area (Å²) in [6.45, 7) is 6.57. The molecule has 2 N–H and O–H groups in total. The lowest BCUT2D eigenvalue weighted by atomic mass is 9.54. The van der Waals surface area contributed by atoms with Gasteiger partial charge in [-0.05, 0) is 19.1 Å². The van der Waals surface area contributed by atoms with Gasteiger partial charge in [-0.25, -0.2) is 0 Å². The molecule has 1 aromatic rings. The van der Waals surface area contributed by atoms with Crippen LogP contribution < -0.4 is 5.32 Å². The van der Waals surface area contributed by atoms with Crippen LogP contribution in [-0.4, -0.2) is 35.9 Å². The third kappa shape index (κ3) is 2.34. The quantitative estimate of drug-likeness (QED) is 0.865. The second-order valence-electron chi connectivity index (χ2n) is 5.93. The molecule has 0 aliphatic heterocycles. The molecule has 20 heavy (non-hydrogen) atoms. The van der Waals surface area contributed by atoms with Gasteiger partial charge >= 0.3 is 0 Å². The molecule has 1 aromatic carbocycles. The molecule has 1 aliphatic rings. The highest BCUT2D eigenvalue weighted by molar-refractivity contribution is 5.94. The highest BCUT2D eigenvalue weighted by Crippen LogP contribution is 2.51. The molecule has 0 saturated heterocycles. The molecule has 2 atom stereocenters. The Balaban J connectivity index is 2.12. The van der Waals surface area contributed by atoms with Crippen molar-refractivity contribution in [3.63, 3.8) is 0 Å². The Morgan fingerprint density at radius 3 is 2.55 bits per heavy atom. The number of nitrogens with one attached hydrogen (secondary N) is 1. The first kappa shape index (κ1) is 15.0. The van der Waals surface area contributed by atoms with E-state index in [0.717, 1.165) is 0 Å². The fraction of sp³-hybridized carbons (Fsp3) is 0.562. The number of carbonyl (C=O) groups is 1. The molecule has 0 aromatic heterocycles. The molecule has 1 saturated carbocycles. The molecule has 4 nitrogen and oxygen atoms in total. The summed E-state index contributed by atoms with van der Waals surface area (Å²) in [7, 11) is 0. The van der Waals surface area contributed by atoms with Gasteiger partial charge in [0.05, 0.1) is 18.2 Å². The Morgan fingerprint density at radius 2 is 2.05 bits per heavy atom. The van der Waals surface area contributed by atoms with Crippen molar-refractivity contribution in [1.29, 1.82) is 0 Å². The number of aliphatic hydroxyl groups excluding tert-OH is 1. The van der Waals surface area contributed by atoms with Crippen LogP contribution in [0.25, 0.3) is 0 Å². The molecule has 110 valence electrons. The van der Waals surface area contributed by atoms with Crippen LogP contribution in [0.3, 0.4) is 0 Å². The number of carbonyl (C=O) groups excluding carboxylic acids is 1. The average Bonchev–Trinajstić information content (AvgIpc) is 2.46. The minimum absolute atomic E-state index is 0.0655. The highest BCUT2D eigenvalue weighted by Gasteiger charge is 2.61. The Kier molecular flexibility index (Phi) is 4.16. The standard InChI is InChI=1S/C16H23NO3/c1-4-20-13-10-16(11-18,15(13,2)3)17-14(19)12-8-6-5-7-9-12/h5-9,13,18H,4,10-11H2,1-3H3,(H,17,19)/t13-,16+/m0/s1. The lowest BCUT2D eigenvalue weighted by molar-refractivity contribution is -0.172. The first-order valence-electron chi connectivity index (χ1n) is 7.07. The monoisotopic (exact) mass is 277 g/mol. The van der Waals surface area contributed by atoms with Crippen molar-refractivity contribution in [3.8, 4) is 0 Å². The van der Waals surface area contributed by atoms with E-state index in [1.807, 2.05) is 39.0 Å². The van der Waals surface area contributed by atoms with Gasteiger partial charge in [0.2, 0.25) is 0 Å². The van der Waals surface area contributed by atoms with Crippen molar-refractivity contribution in [2.45, 2.75) is 38.8 Å². The Morgan fingerprint density at radius 1 is 1.40 bits per heavy atom. The third-order valence-corrected chi connectivity index (χ3v) is 4.60. The molecule has 0 radical (unpaired) electrons. The Hall–Kier alpha value is -1.39. The maximum Gasteiger partial charge on any atom is 0.251 e. The van der Waals surface area contributed by atoms with Crippen molar-refractivity contribution in [2.24, 2.45) is 5.41 Å². The SMILES string of the molecule is CCO[C@H]1C[C@](CO)(NC(=O)c2ccccc2)C1(C)C. The van der Waals surface area contributed by atoms with E-state index < -0.39 is 5.54 Å². The zero-order chi connectivity index (χ0) is 14.8. The number of rotatable bonds is 5. The summed E-state index contributed by atoms with van der Waals surface area (Å²) < 4.78 is 5.68. The first-order valence-corrected chi connectivity index (χ1v) is 7.07. The maximum atomic E-state index is 12.3. The molecule has 1 fully saturated rings. The summed E-state index contributed by atoms with van der Waals surface area (Å²) in [5.74, 6) is -0.150. The van der Waals surface area contributed by atoms with Gasteiger partial charge in [0.25, 0.3) is 5.91 Å². The molecule has 0 bridgehead atoms. The summed E-state index contributed by atoms with van der Waals surface area (Å²) in [5, 5.41) is 12.8. The van der Waals surface area contributed by atoms with Gasteiger partial charge in [-0.2, -0.15) is 0 Å². The Bertz CT molecular complexity index is 472. The molecule has 0 unspecified atom stereocenters. The molecular formula is C16H23NO3. The van der Waals surface area contributed by atoms with E-state index in [1.165, 1.54) is 0 Å². The molecule has 1 aliphatic carbocycles. The van der Waals surface area contributed by atoms with Crippen molar-refractivity contribution < 1.29 is 14.6 Å². The Labute approximate surface area is 120 Å². The normalized spacial score (nSPS) is 27.7. The van der Waals surface area contributed by atoms with E-state index >= 15 is 0 Å². The topological polar surface area (TPSA) is 58.6 Å². The lowest BCUT2D eigenvalue weighted by Gasteiger charge is -2.60. The number of hydrogen-bond donors (Lipinski definition) is 2. The zero-order valence-corrected chi connectivity index (χ0v) is 12.3. The summed E-state index contributed by atoms with van der Waals surface area (Å²) in [6, 6.07) is 9.07. The molecular weight excluding hydrogens is 254 g/mol. The molecule has 0 heterocycles. The number of benzene rings is 1. The minimum atomic E-state index is -0.611. The van der Waals surface area contributed by atoms with Gasteiger partial charge in [-0.3, -0.25) is 4.79 Å². The van der Waals surface area contributed by atoms with Crippen molar-refractivity contribution in [3.05, 3.63) is 35.9 Å². The van der Waals surface area contributed by atoms with E-state index in [9.17, 15) is 9.90 Å². The second-order valence-corrected chi connectivity index (χ2v) is 5.93. The van der Waals surface area contributed by atoms with Gasteiger partial charge in [0.15, 0.2) is 0 Å². The molecule has 4 heteroatoms. The van der Waals surface area contributed by atoms with E-state index in [0.29, 0.717) is 18.6 Å². The lowest BCUT2D eigenvalue weighted by Crippen LogP contribution is -2.74. The predicted molar refractivity (Wildman–Crippen MR) is 77.5 cm³/mol. The van der Waals surface area contributed by atoms with Crippen LogP contribution in [0.1, 0.15) is 37.6 Å². The van der Waals surface area contributed by atoms with Crippen molar-refractivity contribution in [1.82, 2.24) is 5.32 Å². The summed E-state index contributed by atoms with van der Waals surface area (Å²) in [5.41, 5.74) is -0.293. The number of aliphatic hydroxyl groups is 1. The summed E-state index contributed by atoms with van der Waals surface area (Å²) in [6.07, 6.45) is 0.707. The first-order chi connectivity index (χ1) is 9.47. The van der Waals surface area contributed by atoms with Gasteiger partial charge < -0.3 is 15.2 Å². The summed E-state index contributed by atoms with van der Waals surface area (Å²) >= 11 is 0. The smallest absolute Gasteiger partial charge is 0.251 e. The minimum Gasteiger partial charge on any atom is -0.394 e. The zero-order valence-electron chi connectivity index (χ0n) is 12.3. The number of hydrogen-bond acceptors (Lipinski definition) is 3. The van der Waals surface area contributed by atoms with E-state index in [-0.39, 0.29) is 24.0 Å². The molecule has 0 spiro atoms. The average molecular weight is 277 g/mol. The number of ether oxygens (including phenoxy) is 1. The van der Waals surface area contributed by atoms with Crippen LogP contribution in [-0.2, 0) is 4.74 Å². The van der Waals surface area contributed by atoms with E-state index in [1.54, 1.807) is 12.1 Å². The third-order valence-electron chi connectivity index (χ3n) is 4.60. The van der Waals surface area contributed by atoms with Gasteiger partial charge in [-0.15, -0.1) is 0 Å². The van der Waals surface area contributed by atoms with E-state index in [4.69, 9.17) is 4.74 Å². The fourth-order valence-corrected chi connectivity index (χ4v) is 2.88. The molecule has 1 amide bonds. The van der Waals surface area contributed by atoms with Crippen LogP contribution in [0.5, 0.6) is 0 Å². The predicted octanol–water partition coefficient (Wildman–Crippen LogP) is 1.98. The van der Waals surface area contributed by atoms with Crippen LogP contribution in [0.15, 0.2) is 30.3 Å². The summed E-state index contributed by atoms with van der Waals surface area (Å²) in [4.78, 5) is 12.3. The van der Waals surface area contributed by atoms with Gasteiger partial charge in [-0.1, -0.05) is 32.0 Å². The van der Waals surface area contributed by atoms with Gasteiger partial charge in [0, 0.05) is 24.0 Å². The van der Waals surface area contributed by atoms with Crippen LogP contribution in [0.4, 0.5) is 0 Å². The second kappa shape index (κ2) is 5.54. The highest BCUT2D eigenvalue weighted by atomic mass is 16.5. The van der Waals surface area contributed by atoms with Crippen molar-refractivity contribution in [2.75, 3.05) is 13.2 Å². The van der Waals surface area contributed by atoms with Crippen LogP contribution in [0.2, 0.25) is 0 Å². The van der Waals surface area contributed by atoms with Gasteiger partial charge in [0.1, 0.15) is 0 Å². The van der Waals surface area contributed by atoms with E-state index in [2.05, 4.69) is 5.32 Å². The van der Waals surface area contributed by atoms with Crippen LogP contribution in [0, 0.1) is 5.41 Å². The molecule has 2 rings (SSSR count). The van der Waals surface area contributed by atoms with Crippen molar-refractivity contribution >= 4 is 5.91 Å².